The molecule has 0 aliphatic heterocycles. The van der Waals surface area contributed by atoms with Crippen molar-refractivity contribution in [1.82, 2.24) is 10.0 Å². The number of carbonyl (C=O) groups is 1. The van der Waals surface area contributed by atoms with Gasteiger partial charge in [0.05, 0.1) is 31.2 Å². The number of carbonyl (C=O) groups excluding carboxylic acids is 1. The minimum absolute atomic E-state index is 0.0750. The SMILES string of the molecule is COc1ccc(S(=O)(=O)N[C@H](Cc2ccccc2)C(=O)NCc2ccc(OC)c(OC)c2)cc1Cl. The molecule has 2 N–H and O–H groups in total. The van der Waals surface area contributed by atoms with Crippen molar-refractivity contribution in [1.29, 1.82) is 0 Å². The van der Waals surface area contributed by atoms with Gasteiger partial charge in [-0.3, -0.25) is 4.79 Å². The maximum atomic E-state index is 13.1. The molecular weight excluding hydrogens is 492 g/mol. The molecule has 0 radical (unpaired) electrons. The van der Waals surface area contributed by atoms with E-state index in [-0.39, 0.29) is 22.9 Å². The van der Waals surface area contributed by atoms with Gasteiger partial charge in [0.2, 0.25) is 15.9 Å². The van der Waals surface area contributed by atoms with E-state index in [4.69, 9.17) is 25.8 Å². The van der Waals surface area contributed by atoms with Crippen molar-refractivity contribution < 1.29 is 27.4 Å². The van der Waals surface area contributed by atoms with E-state index in [9.17, 15) is 13.2 Å². The van der Waals surface area contributed by atoms with E-state index in [0.717, 1.165) is 11.1 Å². The van der Waals surface area contributed by atoms with Gasteiger partial charge in [0.1, 0.15) is 11.8 Å². The van der Waals surface area contributed by atoms with Crippen LogP contribution in [0.5, 0.6) is 17.2 Å². The third kappa shape index (κ3) is 6.88. The monoisotopic (exact) mass is 518 g/mol. The van der Waals surface area contributed by atoms with Crippen LogP contribution in [0.1, 0.15) is 11.1 Å². The Morgan fingerprint density at radius 2 is 1.51 bits per heavy atom. The highest BCUT2D eigenvalue weighted by atomic mass is 35.5. The lowest BCUT2D eigenvalue weighted by atomic mass is 10.1. The number of rotatable bonds is 11. The van der Waals surface area contributed by atoms with Crippen molar-refractivity contribution in [3.63, 3.8) is 0 Å². The molecule has 1 atom stereocenters. The molecule has 0 spiro atoms. The van der Waals surface area contributed by atoms with Gasteiger partial charge >= 0.3 is 0 Å². The van der Waals surface area contributed by atoms with Gasteiger partial charge in [-0.1, -0.05) is 48.0 Å². The summed E-state index contributed by atoms with van der Waals surface area (Å²) >= 11 is 6.11. The Kier molecular flexibility index (Phi) is 8.97. The van der Waals surface area contributed by atoms with Crippen LogP contribution in [0.2, 0.25) is 5.02 Å². The number of hydrogen-bond acceptors (Lipinski definition) is 6. The highest BCUT2D eigenvalue weighted by molar-refractivity contribution is 7.89. The molecule has 35 heavy (non-hydrogen) atoms. The average molecular weight is 519 g/mol. The van der Waals surface area contributed by atoms with Crippen molar-refractivity contribution in [3.8, 4) is 17.2 Å². The molecule has 0 heterocycles. The van der Waals surface area contributed by atoms with E-state index < -0.39 is 22.0 Å². The summed E-state index contributed by atoms with van der Waals surface area (Å²) < 4.78 is 44.3. The minimum atomic E-state index is -4.06. The lowest BCUT2D eigenvalue weighted by Gasteiger charge is -2.19. The van der Waals surface area contributed by atoms with Crippen molar-refractivity contribution in [3.05, 3.63) is 82.9 Å². The molecular formula is C25H27ClN2O6S. The first-order valence-electron chi connectivity index (χ1n) is 10.7. The number of hydrogen-bond donors (Lipinski definition) is 2. The zero-order valence-electron chi connectivity index (χ0n) is 19.6. The topological polar surface area (TPSA) is 103 Å². The second-order valence-corrected chi connectivity index (χ2v) is 9.69. The van der Waals surface area contributed by atoms with E-state index >= 15 is 0 Å². The number of sulfonamides is 1. The molecule has 186 valence electrons. The molecule has 0 aliphatic rings. The van der Waals surface area contributed by atoms with Crippen LogP contribution in [0.25, 0.3) is 0 Å². The summed E-state index contributed by atoms with van der Waals surface area (Å²) in [6, 6.07) is 17.5. The van der Waals surface area contributed by atoms with Gasteiger partial charge in [0.15, 0.2) is 11.5 Å². The van der Waals surface area contributed by atoms with Crippen molar-refractivity contribution >= 4 is 27.5 Å². The van der Waals surface area contributed by atoms with Crippen LogP contribution >= 0.6 is 11.6 Å². The Labute approximate surface area is 210 Å². The molecule has 3 rings (SSSR count). The van der Waals surface area contributed by atoms with Crippen LogP contribution in [0.3, 0.4) is 0 Å². The van der Waals surface area contributed by atoms with E-state index in [1.807, 2.05) is 30.3 Å². The van der Waals surface area contributed by atoms with E-state index in [1.165, 1.54) is 39.5 Å². The predicted molar refractivity (Wildman–Crippen MR) is 134 cm³/mol. The maximum absolute atomic E-state index is 13.1. The van der Waals surface area contributed by atoms with Crippen molar-refractivity contribution in [2.24, 2.45) is 0 Å². The normalized spacial score (nSPS) is 12.0. The summed E-state index contributed by atoms with van der Waals surface area (Å²) in [7, 11) is 0.436. The second-order valence-electron chi connectivity index (χ2n) is 7.57. The number of nitrogens with one attached hydrogen (secondary N) is 2. The second kappa shape index (κ2) is 11.9. The van der Waals surface area contributed by atoms with E-state index in [0.29, 0.717) is 17.2 Å². The van der Waals surface area contributed by atoms with Crippen LogP contribution in [0.15, 0.2) is 71.6 Å². The molecule has 0 saturated heterocycles. The molecule has 8 nitrogen and oxygen atoms in total. The smallest absolute Gasteiger partial charge is 0.241 e. The fourth-order valence-corrected chi connectivity index (χ4v) is 4.95. The highest BCUT2D eigenvalue weighted by Gasteiger charge is 2.26. The number of methoxy groups -OCH3 is 3. The largest absolute Gasteiger partial charge is 0.495 e. The Hall–Kier alpha value is -3.27. The third-order valence-corrected chi connectivity index (χ3v) is 7.01. The van der Waals surface area contributed by atoms with E-state index in [2.05, 4.69) is 10.0 Å². The summed E-state index contributed by atoms with van der Waals surface area (Å²) in [5, 5.41) is 2.95. The van der Waals surface area contributed by atoms with Crippen molar-refractivity contribution in [2.45, 2.75) is 23.9 Å². The van der Waals surface area contributed by atoms with Gasteiger partial charge < -0.3 is 19.5 Å². The van der Waals surface area contributed by atoms with Crippen LogP contribution in [0, 0.1) is 0 Å². The van der Waals surface area contributed by atoms with Crippen LogP contribution in [-0.2, 0) is 27.8 Å². The Morgan fingerprint density at radius 3 is 2.14 bits per heavy atom. The van der Waals surface area contributed by atoms with Crippen LogP contribution < -0.4 is 24.2 Å². The summed E-state index contributed by atoms with van der Waals surface area (Å²) in [5.74, 6) is 0.957. The van der Waals surface area contributed by atoms with E-state index in [1.54, 1.807) is 18.2 Å². The summed E-state index contributed by atoms with van der Waals surface area (Å²) in [6.07, 6.45) is 0.154. The van der Waals surface area contributed by atoms with Gasteiger partial charge in [-0.2, -0.15) is 4.72 Å². The minimum Gasteiger partial charge on any atom is -0.495 e. The third-order valence-electron chi connectivity index (χ3n) is 5.24. The van der Waals surface area contributed by atoms with Crippen molar-refractivity contribution in [2.75, 3.05) is 21.3 Å². The number of halogens is 1. The average Bonchev–Trinajstić information content (AvgIpc) is 2.87. The number of amides is 1. The maximum Gasteiger partial charge on any atom is 0.241 e. The molecule has 0 saturated carbocycles. The fraction of sp³-hybridized carbons (Fsp3) is 0.240. The zero-order chi connectivity index (χ0) is 25.4. The number of ether oxygens (including phenoxy) is 3. The molecule has 0 fully saturated rings. The van der Waals surface area contributed by atoms with Gasteiger partial charge in [0, 0.05) is 6.54 Å². The summed E-state index contributed by atoms with van der Waals surface area (Å²) in [5.41, 5.74) is 1.56. The Bertz CT molecular complexity index is 1270. The summed E-state index contributed by atoms with van der Waals surface area (Å²) in [4.78, 5) is 13.1. The molecule has 0 bridgehead atoms. The predicted octanol–water partition coefficient (Wildman–Crippen LogP) is 3.57. The first kappa shape index (κ1) is 26.3. The first-order valence-corrected chi connectivity index (χ1v) is 12.5. The van der Waals surface area contributed by atoms with Gasteiger partial charge in [-0.25, -0.2) is 8.42 Å². The molecule has 1 amide bonds. The quantitative estimate of drug-likeness (QED) is 0.402. The highest BCUT2D eigenvalue weighted by Crippen LogP contribution is 2.28. The van der Waals surface area contributed by atoms with Gasteiger partial charge in [-0.15, -0.1) is 0 Å². The molecule has 10 heteroatoms. The standard InChI is InChI=1S/C25H27ClN2O6S/c1-32-22-12-10-19(15-20(22)26)35(30,31)28-21(13-17-7-5-4-6-8-17)25(29)27-16-18-9-11-23(33-2)24(14-18)34-3/h4-12,14-15,21,28H,13,16H2,1-3H3,(H,27,29)/t21-/m1/s1. The lowest BCUT2D eigenvalue weighted by Crippen LogP contribution is -2.47. The summed E-state index contributed by atoms with van der Waals surface area (Å²) in [6.45, 7) is 0.167. The first-order chi connectivity index (χ1) is 16.8. The molecule has 3 aromatic carbocycles. The van der Waals surface area contributed by atoms with Crippen LogP contribution in [0.4, 0.5) is 0 Å². The van der Waals surface area contributed by atoms with Gasteiger partial charge in [0.25, 0.3) is 0 Å². The molecule has 0 unspecified atom stereocenters. The lowest BCUT2D eigenvalue weighted by molar-refractivity contribution is -0.122. The number of benzene rings is 3. The zero-order valence-corrected chi connectivity index (χ0v) is 21.2. The fourth-order valence-electron chi connectivity index (χ4n) is 3.41. The van der Waals surface area contributed by atoms with Crippen LogP contribution in [-0.4, -0.2) is 41.7 Å². The molecule has 0 aromatic heterocycles. The molecule has 0 aliphatic carbocycles. The Balaban J connectivity index is 1.81. The molecule has 3 aromatic rings. The van der Waals surface area contributed by atoms with Gasteiger partial charge in [-0.05, 0) is 47.9 Å². The Morgan fingerprint density at radius 1 is 0.857 bits per heavy atom.